The SMILES string of the molecule is O[Si](O)(O)O.[O]=[Mo]1([OH])[O][Mo](=[O])(=[O])[O][Mo](=[O])(=[O])[O]1.[O]=[Mo]1([OH])[O][Mo](=[O])(=[O])[O][Mo](=[O])(=[O])[O]1.[O]=[Mo]1([OH])[O][Mo](=[O])(=[O])[O][Mo](=[O])(=[O])[O]1.[O]=[Mo]1([OH])[O][Mo](=[O])(=[O])[O][Mo](=[O])(=[O])[O]1. The van der Waals surface area contributed by atoms with Gasteiger partial charge in [0.1, 0.15) is 0 Å². The molecular weight excluding hydrogens is 1820 g/mol. The third kappa shape index (κ3) is 28.0. The van der Waals surface area contributed by atoms with Crippen LogP contribution in [-0.2, 0) is 295 Å². The number of hydrogen-bond acceptors (Lipinski definition) is 36. The molecule has 0 aromatic carbocycles. The van der Waals surface area contributed by atoms with Crippen molar-refractivity contribution in [2.75, 3.05) is 0 Å². The van der Waals surface area contributed by atoms with Gasteiger partial charge in [0.05, 0.1) is 0 Å². The molecule has 0 radical (unpaired) electrons. The zero-order valence-corrected chi connectivity index (χ0v) is 47.1. The Morgan fingerprint density at radius 1 is 0.226 bits per heavy atom. The molecule has 0 saturated carbocycles. The molecule has 0 aliphatic carbocycles. The quantitative estimate of drug-likeness (QED) is 0.104. The fraction of sp³-hybridized carbons (Fsp3) is 0. The van der Waals surface area contributed by atoms with Gasteiger partial charge >= 0.3 is 319 Å². The summed E-state index contributed by atoms with van der Waals surface area (Å²) >= 11 is -71.5. The van der Waals surface area contributed by atoms with Gasteiger partial charge in [-0.1, -0.05) is 0 Å². The standard InChI is InChI=1S/12Mo.H4O4Si.4H2O.32O/c;;;;;;;;;;;;1-5(2,3)4;;;;;;;;;;;;;;;;;;;;;;;;;;;;;;;;;;;;/h;;;;;;;;;;;;1-4H;4*1H2;;;;;;;;;;;;;;;;;;;;;;;;;;;;;;;;/q;;;;;;;;4*+1;;;;;;;;;;;;;;;;;;;;;;;;;;;;;;;;;;;;;/p-4. The minimum atomic E-state index is -6.02. The molecular formula is H8Mo12O40Si. The normalized spacial score (nSPS) is 29.3. The molecule has 4 heterocycles. The van der Waals surface area contributed by atoms with Gasteiger partial charge in [0.25, 0.3) is 0 Å². The molecule has 0 spiro atoms. The summed E-state index contributed by atoms with van der Waals surface area (Å²) in [6.07, 6.45) is 0. The van der Waals surface area contributed by atoms with E-state index in [4.69, 9.17) is 34.2 Å². The van der Waals surface area contributed by atoms with Gasteiger partial charge in [-0.05, 0) is 0 Å². The van der Waals surface area contributed by atoms with Crippen molar-refractivity contribution in [2.45, 2.75) is 0 Å². The topological polar surface area (TPSA) is 614 Å². The third-order valence-electron chi connectivity index (χ3n) is 2.02. The van der Waals surface area contributed by atoms with E-state index in [1.807, 2.05) is 0 Å². The first-order chi connectivity index (χ1) is 22.5. The first-order valence-corrected chi connectivity index (χ1v) is 50.4. The van der Waals surface area contributed by atoms with Crippen LogP contribution in [0.5, 0.6) is 0 Å². The zero-order valence-electron chi connectivity index (χ0n) is 22.0. The van der Waals surface area contributed by atoms with Crippen LogP contribution in [0.2, 0.25) is 0 Å². The molecule has 4 aliphatic rings. The molecule has 40 nitrogen and oxygen atoms in total. The summed E-state index contributed by atoms with van der Waals surface area (Å²) in [5.74, 6) is 0. The summed E-state index contributed by atoms with van der Waals surface area (Å²) in [7, 11) is -4.61. The summed E-state index contributed by atoms with van der Waals surface area (Å²) in [6, 6.07) is 0. The fourth-order valence-corrected chi connectivity index (χ4v) is 72.0. The Morgan fingerprint density at radius 3 is 0.358 bits per heavy atom. The van der Waals surface area contributed by atoms with Crippen molar-refractivity contribution in [1.29, 1.82) is 0 Å². The van der Waals surface area contributed by atoms with E-state index < -0.39 is 212 Å². The number of hydrogen-bond donors (Lipinski definition) is 8. The van der Waals surface area contributed by atoms with Gasteiger partial charge in [-0.25, -0.2) is 0 Å². The van der Waals surface area contributed by atoms with Crippen molar-refractivity contribution in [3.8, 4) is 0 Å². The molecule has 8 N–H and O–H groups in total. The Morgan fingerprint density at radius 2 is 0.302 bits per heavy atom. The second-order valence-corrected chi connectivity index (χ2v) is 59.8. The van der Waals surface area contributed by atoms with Gasteiger partial charge in [0.2, 0.25) is 0 Å². The Kier molecular flexibility index (Phi) is 20.3. The van der Waals surface area contributed by atoms with Gasteiger partial charge in [-0.2, -0.15) is 0 Å². The van der Waals surface area contributed by atoms with Crippen LogP contribution in [0.25, 0.3) is 0 Å². The monoisotopic (exact) mass is 1850 g/mol. The van der Waals surface area contributed by atoms with Crippen LogP contribution in [0.1, 0.15) is 0 Å². The molecule has 0 amide bonds. The molecule has 4 rings (SSSR count). The summed E-state index contributed by atoms with van der Waals surface area (Å²) in [5.41, 5.74) is 0. The zero-order chi connectivity index (χ0) is 43.0. The molecule has 324 valence electrons. The minimum absolute atomic E-state index is 3.40. The Bertz CT molecular complexity index is 1970. The molecule has 0 bridgehead atoms. The summed E-state index contributed by atoms with van der Waals surface area (Å²) < 4.78 is 283. The summed E-state index contributed by atoms with van der Waals surface area (Å²) in [6.45, 7) is 0. The maximum atomic E-state index is 10.5. The van der Waals surface area contributed by atoms with Gasteiger partial charge in [0, 0.05) is 0 Å². The molecule has 4 fully saturated rings. The summed E-state index contributed by atoms with van der Waals surface area (Å²) in [5, 5.41) is 0. The second-order valence-electron chi connectivity index (χ2n) is 6.39. The van der Waals surface area contributed by atoms with E-state index in [1.165, 1.54) is 0 Å². The van der Waals surface area contributed by atoms with E-state index in [9.17, 15) is 68.0 Å². The van der Waals surface area contributed by atoms with Crippen LogP contribution in [0.3, 0.4) is 0 Å². The molecule has 53 heteroatoms. The average Bonchev–Trinajstić information content (AvgIpc) is 2.57. The van der Waals surface area contributed by atoms with Crippen LogP contribution < -0.4 is 0 Å². The van der Waals surface area contributed by atoms with E-state index in [0.29, 0.717) is 0 Å². The maximum absolute atomic E-state index is 10.5. The van der Waals surface area contributed by atoms with Crippen LogP contribution in [0.15, 0.2) is 0 Å². The van der Waals surface area contributed by atoms with Crippen molar-refractivity contribution in [3.05, 3.63) is 0 Å². The Hall–Kier alpha value is 3.68. The van der Waals surface area contributed by atoms with Crippen molar-refractivity contribution < 1.29 is 329 Å². The second kappa shape index (κ2) is 19.0. The van der Waals surface area contributed by atoms with E-state index in [0.717, 1.165) is 0 Å². The molecule has 0 atom stereocenters. The predicted molar refractivity (Wildman–Crippen MR) is 50.3 cm³/mol. The van der Waals surface area contributed by atoms with Crippen LogP contribution in [-0.4, -0.2) is 43.3 Å². The van der Waals surface area contributed by atoms with Crippen molar-refractivity contribution in [2.24, 2.45) is 0 Å². The molecule has 0 aromatic heterocycles. The molecule has 0 unspecified atom stereocenters. The molecule has 0 aromatic rings. The first-order valence-electron chi connectivity index (χ1n) is 8.96. The van der Waals surface area contributed by atoms with Gasteiger partial charge < -0.3 is 19.2 Å². The molecule has 4 aliphatic heterocycles. The van der Waals surface area contributed by atoms with Crippen molar-refractivity contribution in [3.63, 3.8) is 0 Å². The van der Waals surface area contributed by atoms with E-state index in [1.54, 1.807) is 0 Å². The Labute approximate surface area is 332 Å². The third-order valence-corrected chi connectivity index (χ3v) is 70.7. The van der Waals surface area contributed by atoms with Crippen LogP contribution in [0.4, 0.5) is 0 Å². The Balaban J connectivity index is 0.000000652. The summed E-state index contributed by atoms with van der Waals surface area (Å²) in [4.78, 5) is 29.3. The van der Waals surface area contributed by atoms with E-state index in [-0.39, 0.29) is 0 Å². The van der Waals surface area contributed by atoms with Crippen molar-refractivity contribution >= 4 is 9.05 Å². The fourth-order valence-electron chi connectivity index (χ4n) is 1.39. The number of rotatable bonds is 0. The predicted octanol–water partition coefficient (Wildman–Crippen LogP) is -8.06. The van der Waals surface area contributed by atoms with Crippen LogP contribution >= 0.6 is 0 Å². The molecule has 53 heavy (non-hydrogen) atoms. The average molecular weight is 1830 g/mol. The van der Waals surface area contributed by atoms with E-state index in [2.05, 4.69) is 24.5 Å². The van der Waals surface area contributed by atoms with Gasteiger partial charge in [-0.3, -0.25) is 0 Å². The van der Waals surface area contributed by atoms with Crippen LogP contribution in [0, 0.1) is 0 Å². The first kappa shape index (κ1) is 56.7. The molecule has 4 saturated heterocycles. The van der Waals surface area contributed by atoms with Gasteiger partial charge in [-0.15, -0.1) is 0 Å². The van der Waals surface area contributed by atoms with Gasteiger partial charge in [0.15, 0.2) is 0 Å². The van der Waals surface area contributed by atoms with E-state index >= 15 is 0 Å². The van der Waals surface area contributed by atoms with Crippen molar-refractivity contribution in [1.82, 2.24) is 0 Å².